The molecule has 0 fully saturated rings. The number of nitrogens with two attached hydrogens (primary N) is 1. The van der Waals surface area contributed by atoms with Crippen molar-refractivity contribution >= 4 is 11.7 Å². The number of rotatable bonds is 3. The molecule has 5 heteroatoms. The van der Waals surface area contributed by atoms with Crippen molar-refractivity contribution in [3.8, 4) is 0 Å². The van der Waals surface area contributed by atoms with Gasteiger partial charge in [0.2, 0.25) is 0 Å². The number of aromatic nitrogens is 1. The van der Waals surface area contributed by atoms with Gasteiger partial charge >= 0.3 is 5.97 Å². The van der Waals surface area contributed by atoms with Gasteiger partial charge in [0.25, 0.3) is 5.56 Å². The van der Waals surface area contributed by atoms with Crippen molar-refractivity contribution in [1.82, 2.24) is 4.57 Å². The van der Waals surface area contributed by atoms with Crippen LogP contribution in [0.1, 0.15) is 24.2 Å². The Morgan fingerprint density at radius 1 is 1.60 bits per heavy atom. The van der Waals surface area contributed by atoms with Gasteiger partial charge < -0.3 is 15.4 Å². The Hall–Kier alpha value is -1.78. The minimum atomic E-state index is -1.25. The molecule has 1 heterocycles. The van der Waals surface area contributed by atoms with Gasteiger partial charge in [-0.3, -0.25) is 4.79 Å². The molecular formula is C10H14N2O3. The van der Waals surface area contributed by atoms with Gasteiger partial charge in [-0.2, -0.15) is 0 Å². The molecule has 5 nitrogen and oxygen atoms in total. The summed E-state index contributed by atoms with van der Waals surface area (Å²) in [6, 6.07) is 1.18. The molecule has 0 unspecified atom stereocenters. The molecule has 0 amide bonds. The summed E-state index contributed by atoms with van der Waals surface area (Å²) in [4.78, 5) is 22.4. The molecule has 1 aromatic rings. The first kappa shape index (κ1) is 11.3. The van der Waals surface area contributed by atoms with Gasteiger partial charge in [-0.1, -0.05) is 13.8 Å². The van der Waals surface area contributed by atoms with E-state index in [0.717, 1.165) is 0 Å². The lowest BCUT2D eigenvalue weighted by molar-refractivity contribution is 0.0694. The number of nitrogens with zero attached hydrogens (tertiary/aromatic N) is 1. The Morgan fingerprint density at radius 2 is 2.20 bits per heavy atom. The standard InChI is InChI=1S/C10H14N2O3/c1-6(2)4-12-5-7(11)3-8(9(12)13)10(14)15/h3,5-6H,4,11H2,1-2H3,(H,14,15). The van der Waals surface area contributed by atoms with E-state index in [2.05, 4.69) is 0 Å². The quantitative estimate of drug-likeness (QED) is 0.772. The number of pyridine rings is 1. The predicted octanol–water partition coefficient (Wildman–Crippen LogP) is 0.785. The van der Waals surface area contributed by atoms with Crippen LogP contribution in [0, 0.1) is 5.92 Å². The largest absolute Gasteiger partial charge is 0.477 e. The average Bonchev–Trinajstić information content (AvgIpc) is 2.09. The first-order valence-electron chi connectivity index (χ1n) is 4.65. The minimum absolute atomic E-state index is 0.256. The lowest BCUT2D eigenvalue weighted by atomic mass is 10.2. The van der Waals surface area contributed by atoms with Crippen molar-refractivity contribution in [1.29, 1.82) is 0 Å². The van der Waals surface area contributed by atoms with Crippen LogP contribution in [0.2, 0.25) is 0 Å². The summed E-state index contributed by atoms with van der Waals surface area (Å²) in [6.45, 7) is 4.34. The van der Waals surface area contributed by atoms with Crippen LogP contribution in [0.25, 0.3) is 0 Å². The molecule has 0 aliphatic rings. The molecule has 0 aliphatic heterocycles. The van der Waals surface area contributed by atoms with Gasteiger partial charge in [-0.15, -0.1) is 0 Å². The third-order valence-corrected chi connectivity index (χ3v) is 1.90. The maximum absolute atomic E-state index is 11.6. The molecule has 0 aromatic carbocycles. The number of carbonyl (C=O) groups is 1. The van der Waals surface area contributed by atoms with Crippen molar-refractivity contribution in [3.63, 3.8) is 0 Å². The molecule has 1 rings (SSSR count). The molecule has 3 N–H and O–H groups in total. The number of carboxylic acid groups (broad SMARTS) is 1. The maximum atomic E-state index is 11.6. The summed E-state index contributed by atoms with van der Waals surface area (Å²) in [5, 5.41) is 8.78. The molecule has 0 aliphatic carbocycles. The summed E-state index contributed by atoms with van der Waals surface area (Å²) in [5.41, 5.74) is 5.01. The second kappa shape index (κ2) is 4.16. The Balaban J connectivity index is 3.29. The molecule has 15 heavy (non-hydrogen) atoms. The van der Waals surface area contributed by atoms with Gasteiger partial charge in [-0.05, 0) is 12.0 Å². The number of hydrogen-bond donors (Lipinski definition) is 2. The van der Waals surface area contributed by atoms with Crippen molar-refractivity contribution in [2.24, 2.45) is 5.92 Å². The fourth-order valence-corrected chi connectivity index (χ4v) is 1.34. The zero-order chi connectivity index (χ0) is 11.6. The van der Waals surface area contributed by atoms with Gasteiger partial charge in [0.05, 0.1) is 0 Å². The van der Waals surface area contributed by atoms with Crippen LogP contribution in [0.3, 0.4) is 0 Å². The van der Waals surface area contributed by atoms with Crippen LogP contribution in [0.5, 0.6) is 0 Å². The fraction of sp³-hybridized carbons (Fsp3) is 0.400. The first-order valence-corrected chi connectivity index (χ1v) is 4.65. The van der Waals surface area contributed by atoms with E-state index in [1.54, 1.807) is 0 Å². The number of aromatic carboxylic acids is 1. The Bertz CT molecular complexity index is 435. The van der Waals surface area contributed by atoms with Crippen molar-refractivity contribution in [2.75, 3.05) is 5.73 Å². The Morgan fingerprint density at radius 3 is 2.67 bits per heavy atom. The molecular weight excluding hydrogens is 196 g/mol. The molecule has 0 spiro atoms. The Labute approximate surface area is 87.1 Å². The molecule has 82 valence electrons. The van der Waals surface area contributed by atoms with Crippen LogP contribution in [-0.4, -0.2) is 15.6 Å². The van der Waals surface area contributed by atoms with E-state index in [9.17, 15) is 9.59 Å². The highest BCUT2D eigenvalue weighted by atomic mass is 16.4. The molecule has 0 bridgehead atoms. The van der Waals surface area contributed by atoms with E-state index in [1.165, 1.54) is 16.8 Å². The monoisotopic (exact) mass is 210 g/mol. The van der Waals surface area contributed by atoms with Gasteiger partial charge in [0.15, 0.2) is 0 Å². The van der Waals surface area contributed by atoms with Crippen molar-refractivity contribution < 1.29 is 9.90 Å². The molecule has 0 atom stereocenters. The van der Waals surface area contributed by atoms with E-state index in [4.69, 9.17) is 10.8 Å². The van der Waals surface area contributed by atoms with Crippen LogP contribution in [-0.2, 0) is 6.54 Å². The van der Waals surface area contributed by atoms with E-state index in [1.807, 2.05) is 13.8 Å². The van der Waals surface area contributed by atoms with E-state index in [-0.39, 0.29) is 17.2 Å². The highest BCUT2D eigenvalue weighted by Crippen LogP contribution is 2.04. The van der Waals surface area contributed by atoms with Crippen molar-refractivity contribution in [3.05, 3.63) is 28.2 Å². The number of hydrogen-bond acceptors (Lipinski definition) is 3. The molecule has 1 aromatic heterocycles. The topological polar surface area (TPSA) is 85.3 Å². The van der Waals surface area contributed by atoms with Crippen LogP contribution in [0.15, 0.2) is 17.1 Å². The van der Waals surface area contributed by atoms with Gasteiger partial charge in [0.1, 0.15) is 5.56 Å². The smallest absolute Gasteiger partial charge is 0.341 e. The van der Waals surface area contributed by atoms with Gasteiger partial charge in [0, 0.05) is 18.4 Å². The highest BCUT2D eigenvalue weighted by Gasteiger charge is 2.12. The number of anilines is 1. The van der Waals surface area contributed by atoms with E-state index in [0.29, 0.717) is 6.54 Å². The molecule has 0 radical (unpaired) electrons. The second-order valence-electron chi connectivity index (χ2n) is 3.84. The third-order valence-electron chi connectivity index (χ3n) is 1.90. The second-order valence-corrected chi connectivity index (χ2v) is 3.84. The lowest BCUT2D eigenvalue weighted by Gasteiger charge is -2.10. The normalized spacial score (nSPS) is 10.6. The summed E-state index contributed by atoms with van der Waals surface area (Å²) >= 11 is 0. The first-order chi connectivity index (χ1) is 6.91. The highest BCUT2D eigenvalue weighted by molar-refractivity contribution is 5.88. The zero-order valence-corrected chi connectivity index (χ0v) is 8.73. The van der Waals surface area contributed by atoms with Crippen LogP contribution in [0.4, 0.5) is 5.69 Å². The Kier molecular flexibility index (Phi) is 3.14. The van der Waals surface area contributed by atoms with Gasteiger partial charge in [-0.25, -0.2) is 4.79 Å². The van der Waals surface area contributed by atoms with Crippen molar-refractivity contribution in [2.45, 2.75) is 20.4 Å². The maximum Gasteiger partial charge on any atom is 0.341 e. The SMILES string of the molecule is CC(C)Cn1cc(N)cc(C(=O)O)c1=O. The summed E-state index contributed by atoms with van der Waals surface area (Å²) < 4.78 is 1.34. The van der Waals surface area contributed by atoms with E-state index >= 15 is 0 Å². The third kappa shape index (κ3) is 2.59. The summed E-state index contributed by atoms with van der Waals surface area (Å²) in [6.07, 6.45) is 1.47. The molecule has 0 saturated heterocycles. The number of nitrogen functional groups attached to an aromatic ring is 1. The van der Waals surface area contributed by atoms with Crippen LogP contribution >= 0.6 is 0 Å². The number of carboxylic acids is 1. The average molecular weight is 210 g/mol. The van der Waals surface area contributed by atoms with Crippen LogP contribution < -0.4 is 11.3 Å². The predicted molar refractivity (Wildman–Crippen MR) is 56.9 cm³/mol. The minimum Gasteiger partial charge on any atom is -0.477 e. The summed E-state index contributed by atoms with van der Waals surface area (Å²) in [5.74, 6) is -0.990. The summed E-state index contributed by atoms with van der Waals surface area (Å²) in [7, 11) is 0. The zero-order valence-electron chi connectivity index (χ0n) is 8.73. The molecule has 0 saturated carbocycles. The fourth-order valence-electron chi connectivity index (χ4n) is 1.34. The lowest BCUT2D eigenvalue weighted by Crippen LogP contribution is -2.28. The van der Waals surface area contributed by atoms with E-state index < -0.39 is 11.5 Å².